The van der Waals surface area contributed by atoms with Crippen LogP contribution in [0.5, 0.6) is 0 Å². The van der Waals surface area contributed by atoms with Gasteiger partial charge in [0.1, 0.15) is 23.2 Å². The highest BCUT2D eigenvalue weighted by atomic mass is 19.1. The Labute approximate surface area is 119 Å². The number of aromatic nitrogens is 2. The minimum atomic E-state index is -0.521. The summed E-state index contributed by atoms with van der Waals surface area (Å²) >= 11 is 0. The second-order valence-electron chi connectivity index (χ2n) is 4.58. The van der Waals surface area contributed by atoms with Gasteiger partial charge >= 0.3 is 0 Å². The molecule has 4 nitrogen and oxygen atoms in total. The maximum atomic E-state index is 13.7. The molecular weight excluding hydrogens is 274 g/mol. The fraction of sp³-hybridized carbons (Fsp3) is 0.0667. The van der Waals surface area contributed by atoms with Crippen LogP contribution in [0.3, 0.4) is 0 Å². The zero-order valence-electron chi connectivity index (χ0n) is 10.8. The van der Waals surface area contributed by atoms with Gasteiger partial charge in [0.15, 0.2) is 0 Å². The van der Waals surface area contributed by atoms with Gasteiger partial charge in [-0.15, -0.1) is 0 Å². The maximum absolute atomic E-state index is 13.7. The third-order valence-electron chi connectivity index (χ3n) is 3.27. The lowest BCUT2D eigenvalue weighted by Gasteiger charge is -2.08. The first-order valence-electron chi connectivity index (χ1n) is 6.19. The van der Waals surface area contributed by atoms with Crippen molar-refractivity contribution in [2.45, 2.75) is 6.54 Å². The van der Waals surface area contributed by atoms with E-state index in [1.165, 1.54) is 0 Å². The molecule has 0 amide bonds. The van der Waals surface area contributed by atoms with E-state index >= 15 is 0 Å². The number of nitriles is 1. The van der Waals surface area contributed by atoms with Gasteiger partial charge in [0.05, 0.1) is 17.6 Å². The van der Waals surface area contributed by atoms with Gasteiger partial charge in [-0.25, -0.2) is 13.8 Å². The Morgan fingerprint density at radius 2 is 2.05 bits per heavy atom. The van der Waals surface area contributed by atoms with Crippen LogP contribution < -0.4 is 5.73 Å². The van der Waals surface area contributed by atoms with E-state index in [0.29, 0.717) is 16.6 Å². The number of nitrogen functional groups attached to an aromatic ring is 1. The Kier molecular flexibility index (Phi) is 3.03. The molecule has 1 heterocycles. The summed E-state index contributed by atoms with van der Waals surface area (Å²) in [4.78, 5) is 4.13. The predicted octanol–water partition coefficient (Wildman–Crippen LogP) is 2.82. The summed E-state index contributed by atoms with van der Waals surface area (Å²) in [6.07, 6.45) is 0. The van der Waals surface area contributed by atoms with Gasteiger partial charge < -0.3 is 10.3 Å². The lowest BCUT2D eigenvalue weighted by molar-refractivity contribution is 0.579. The van der Waals surface area contributed by atoms with Crippen LogP contribution in [0.15, 0.2) is 36.4 Å². The number of rotatable bonds is 2. The van der Waals surface area contributed by atoms with Crippen LogP contribution in [0.1, 0.15) is 11.1 Å². The molecule has 2 N–H and O–H groups in total. The average molecular weight is 284 g/mol. The fourth-order valence-electron chi connectivity index (χ4n) is 2.26. The first-order valence-corrected chi connectivity index (χ1v) is 6.19. The highest BCUT2D eigenvalue weighted by Crippen LogP contribution is 2.23. The number of hydrogen-bond donors (Lipinski definition) is 1. The SMILES string of the molecule is N#Cc1cccc2c1nc(N)n2Cc1cc(F)ccc1F. The van der Waals surface area contributed by atoms with Crippen molar-refractivity contribution in [3.05, 3.63) is 59.2 Å². The summed E-state index contributed by atoms with van der Waals surface area (Å²) in [5.41, 5.74) is 7.46. The predicted molar refractivity (Wildman–Crippen MR) is 74.3 cm³/mol. The van der Waals surface area contributed by atoms with Crippen LogP contribution in [0, 0.1) is 23.0 Å². The second kappa shape index (κ2) is 4.87. The van der Waals surface area contributed by atoms with E-state index in [1.54, 1.807) is 22.8 Å². The third-order valence-corrected chi connectivity index (χ3v) is 3.27. The zero-order chi connectivity index (χ0) is 15.0. The standard InChI is InChI=1S/C15H10F2N4/c16-11-4-5-12(17)10(6-11)8-21-13-3-1-2-9(7-18)14(13)20-15(21)19/h1-6H,8H2,(H2,19,20). The van der Waals surface area contributed by atoms with E-state index in [1.807, 2.05) is 6.07 Å². The minimum Gasteiger partial charge on any atom is -0.369 e. The van der Waals surface area contributed by atoms with Gasteiger partial charge in [0, 0.05) is 5.56 Å². The molecule has 0 unspecified atom stereocenters. The summed E-state index contributed by atoms with van der Waals surface area (Å²) in [5, 5.41) is 9.06. The molecule has 0 saturated carbocycles. The van der Waals surface area contributed by atoms with E-state index < -0.39 is 11.6 Å². The summed E-state index contributed by atoms with van der Waals surface area (Å²) in [5.74, 6) is -0.891. The van der Waals surface area contributed by atoms with Crippen molar-refractivity contribution in [3.8, 4) is 6.07 Å². The number of imidazole rings is 1. The molecule has 0 aliphatic carbocycles. The molecule has 0 saturated heterocycles. The Balaban J connectivity index is 2.15. The summed E-state index contributed by atoms with van der Waals surface area (Å²) < 4.78 is 28.5. The lowest BCUT2D eigenvalue weighted by Crippen LogP contribution is -2.06. The number of para-hydroxylation sites is 1. The highest BCUT2D eigenvalue weighted by Gasteiger charge is 2.13. The number of anilines is 1. The van der Waals surface area contributed by atoms with E-state index in [4.69, 9.17) is 11.0 Å². The molecule has 3 rings (SSSR count). The Morgan fingerprint density at radius 1 is 1.24 bits per heavy atom. The maximum Gasteiger partial charge on any atom is 0.201 e. The van der Waals surface area contributed by atoms with Crippen molar-refractivity contribution >= 4 is 17.0 Å². The number of halogens is 2. The van der Waals surface area contributed by atoms with Gasteiger partial charge in [-0.1, -0.05) is 6.07 Å². The molecule has 0 aliphatic heterocycles. The third kappa shape index (κ3) is 2.19. The molecule has 104 valence electrons. The molecule has 2 aromatic carbocycles. The molecular formula is C15H10F2N4. The fourth-order valence-corrected chi connectivity index (χ4v) is 2.26. The summed E-state index contributed by atoms with van der Waals surface area (Å²) in [6.45, 7) is 0.0425. The van der Waals surface area contributed by atoms with Crippen LogP contribution in [0.2, 0.25) is 0 Å². The zero-order valence-corrected chi connectivity index (χ0v) is 10.8. The van der Waals surface area contributed by atoms with Gasteiger partial charge in [-0.2, -0.15) is 5.26 Å². The van der Waals surface area contributed by atoms with Gasteiger partial charge in [0.2, 0.25) is 5.95 Å². The number of hydrogen-bond acceptors (Lipinski definition) is 3. The molecule has 0 atom stereocenters. The highest BCUT2D eigenvalue weighted by molar-refractivity contribution is 5.84. The second-order valence-corrected chi connectivity index (χ2v) is 4.58. The lowest BCUT2D eigenvalue weighted by atomic mass is 10.2. The van der Waals surface area contributed by atoms with Crippen LogP contribution in [-0.2, 0) is 6.54 Å². The van der Waals surface area contributed by atoms with Crippen LogP contribution in [0.4, 0.5) is 14.7 Å². The van der Waals surface area contributed by atoms with Crippen LogP contribution >= 0.6 is 0 Å². The molecule has 0 aliphatic rings. The van der Waals surface area contributed by atoms with E-state index in [9.17, 15) is 8.78 Å². The van der Waals surface area contributed by atoms with Crippen molar-refractivity contribution in [1.82, 2.24) is 9.55 Å². The number of nitrogens with zero attached hydrogens (tertiary/aromatic N) is 3. The molecule has 6 heteroatoms. The molecule has 0 fully saturated rings. The monoisotopic (exact) mass is 284 g/mol. The van der Waals surface area contributed by atoms with Gasteiger partial charge in [-0.3, -0.25) is 0 Å². The van der Waals surface area contributed by atoms with Gasteiger partial charge in [-0.05, 0) is 30.3 Å². The normalized spacial score (nSPS) is 10.7. The Hall–Kier alpha value is -2.94. The molecule has 0 spiro atoms. The van der Waals surface area contributed by atoms with E-state index in [0.717, 1.165) is 18.2 Å². The molecule has 0 radical (unpaired) electrons. The van der Waals surface area contributed by atoms with Crippen LogP contribution in [0.25, 0.3) is 11.0 Å². The number of nitrogens with two attached hydrogens (primary N) is 1. The molecule has 1 aromatic heterocycles. The molecule has 3 aromatic rings. The molecule has 21 heavy (non-hydrogen) atoms. The largest absolute Gasteiger partial charge is 0.369 e. The summed E-state index contributed by atoms with van der Waals surface area (Å²) in [7, 11) is 0. The Morgan fingerprint density at radius 3 is 2.81 bits per heavy atom. The summed E-state index contributed by atoms with van der Waals surface area (Å²) in [6, 6.07) is 10.3. The van der Waals surface area contributed by atoms with Crippen molar-refractivity contribution in [1.29, 1.82) is 5.26 Å². The number of benzene rings is 2. The first-order chi connectivity index (χ1) is 10.1. The topological polar surface area (TPSA) is 67.6 Å². The first kappa shape index (κ1) is 13.1. The number of fused-ring (bicyclic) bond motifs is 1. The van der Waals surface area contributed by atoms with E-state index in [-0.39, 0.29) is 18.1 Å². The Bertz CT molecular complexity index is 877. The van der Waals surface area contributed by atoms with E-state index in [2.05, 4.69) is 4.98 Å². The van der Waals surface area contributed by atoms with Crippen molar-refractivity contribution in [3.63, 3.8) is 0 Å². The van der Waals surface area contributed by atoms with Crippen molar-refractivity contribution in [2.24, 2.45) is 0 Å². The minimum absolute atomic E-state index is 0.0425. The molecule has 0 bridgehead atoms. The van der Waals surface area contributed by atoms with Crippen LogP contribution in [-0.4, -0.2) is 9.55 Å². The van der Waals surface area contributed by atoms with Gasteiger partial charge in [0.25, 0.3) is 0 Å². The smallest absolute Gasteiger partial charge is 0.201 e. The van der Waals surface area contributed by atoms with Crippen molar-refractivity contribution < 1.29 is 8.78 Å². The van der Waals surface area contributed by atoms with Crippen molar-refractivity contribution in [2.75, 3.05) is 5.73 Å². The quantitative estimate of drug-likeness (QED) is 0.786. The average Bonchev–Trinajstić information content (AvgIpc) is 2.79.